The van der Waals surface area contributed by atoms with Crippen molar-refractivity contribution in [2.45, 2.75) is 50.7 Å². The van der Waals surface area contributed by atoms with Crippen LogP contribution in [0, 0.1) is 6.92 Å². The summed E-state index contributed by atoms with van der Waals surface area (Å²) in [7, 11) is 1.72. The summed E-state index contributed by atoms with van der Waals surface area (Å²) in [4.78, 5) is 0. The molecule has 2 rings (SSSR count). The van der Waals surface area contributed by atoms with Gasteiger partial charge in [-0.25, -0.2) is 0 Å². The van der Waals surface area contributed by atoms with E-state index in [1.807, 2.05) is 24.3 Å². The molecule has 1 fully saturated rings. The molecule has 0 aromatic heterocycles. The van der Waals surface area contributed by atoms with E-state index in [2.05, 4.69) is 6.92 Å². The fourth-order valence-electron chi connectivity index (χ4n) is 2.79. The van der Waals surface area contributed by atoms with E-state index >= 15 is 0 Å². The Kier molecular flexibility index (Phi) is 3.85. The SMILES string of the molecule is COC1(C(O)c2ccc(C)cc2)CCCCC1. The highest BCUT2D eigenvalue weighted by Crippen LogP contribution is 2.40. The van der Waals surface area contributed by atoms with E-state index in [0.717, 1.165) is 31.2 Å². The van der Waals surface area contributed by atoms with Gasteiger partial charge in [0.15, 0.2) is 0 Å². The molecule has 0 aliphatic heterocycles. The van der Waals surface area contributed by atoms with Gasteiger partial charge in [0.25, 0.3) is 0 Å². The zero-order valence-corrected chi connectivity index (χ0v) is 10.8. The number of aliphatic hydroxyl groups is 1. The topological polar surface area (TPSA) is 29.5 Å². The second kappa shape index (κ2) is 5.19. The van der Waals surface area contributed by atoms with Crippen LogP contribution in [-0.4, -0.2) is 17.8 Å². The Morgan fingerprint density at radius 1 is 1.12 bits per heavy atom. The molecule has 0 radical (unpaired) electrons. The number of aliphatic hydroxyl groups excluding tert-OH is 1. The van der Waals surface area contributed by atoms with Gasteiger partial charge >= 0.3 is 0 Å². The Balaban J connectivity index is 2.21. The summed E-state index contributed by atoms with van der Waals surface area (Å²) >= 11 is 0. The smallest absolute Gasteiger partial charge is 0.108 e. The number of methoxy groups -OCH3 is 1. The van der Waals surface area contributed by atoms with Gasteiger partial charge in [-0.1, -0.05) is 49.1 Å². The third kappa shape index (κ3) is 2.53. The lowest BCUT2D eigenvalue weighted by molar-refractivity contribution is -0.125. The molecule has 1 aliphatic carbocycles. The fraction of sp³-hybridized carbons (Fsp3) is 0.600. The van der Waals surface area contributed by atoms with E-state index in [1.165, 1.54) is 12.0 Å². The average molecular weight is 234 g/mol. The molecule has 1 unspecified atom stereocenters. The summed E-state index contributed by atoms with van der Waals surface area (Å²) < 4.78 is 5.68. The molecule has 1 N–H and O–H groups in total. The van der Waals surface area contributed by atoms with E-state index < -0.39 is 6.10 Å². The lowest BCUT2D eigenvalue weighted by Gasteiger charge is -2.40. The van der Waals surface area contributed by atoms with Crippen molar-refractivity contribution >= 4 is 0 Å². The number of benzene rings is 1. The molecular weight excluding hydrogens is 212 g/mol. The van der Waals surface area contributed by atoms with Crippen LogP contribution in [0.15, 0.2) is 24.3 Å². The zero-order valence-electron chi connectivity index (χ0n) is 10.8. The van der Waals surface area contributed by atoms with Crippen molar-refractivity contribution < 1.29 is 9.84 Å². The molecule has 2 nitrogen and oxygen atoms in total. The van der Waals surface area contributed by atoms with Crippen LogP contribution < -0.4 is 0 Å². The maximum Gasteiger partial charge on any atom is 0.108 e. The first-order chi connectivity index (χ1) is 8.18. The van der Waals surface area contributed by atoms with Gasteiger partial charge in [-0.2, -0.15) is 0 Å². The molecule has 1 aliphatic rings. The zero-order chi connectivity index (χ0) is 12.3. The highest BCUT2D eigenvalue weighted by molar-refractivity contribution is 5.25. The molecule has 1 aromatic carbocycles. The molecule has 1 aromatic rings. The highest BCUT2D eigenvalue weighted by Gasteiger charge is 2.39. The van der Waals surface area contributed by atoms with Gasteiger partial charge in [0.1, 0.15) is 6.10 Å². The van der Waals surface area contributed by atoms with Crippen molar-refractivity contribution in [3.8, 4) is 0 Å². The van der Waals surface area contributed by atoms with Crippen LogP contribution >= 0.6 is 0 Å². The predicted octanol–water partition coefficient (Wildman–Crippen LogP) is 3.38. The largest absolute Gasteiger partial charge is 0.385 e. The van der Waals surface area contributed by atoms with Crippen molar-refractivity contribution in [1.82, 2.24) is 0 Å². The molecule has 94 valence electrons. The minimum Gasteiger partial charge on any atom is -0.385 e. The Hall–Kier alpha value is -0.860. The van der Waals surface area contributed by atoms with Crippen LogP contribution in [-0.2, 0) is 4.74 Å². The normalized spacial score (nSPS) is 21.1. The van der Waals surface area contributed by atoms with Gasteiger partial charge < -0.3 is 9.84 Å². The van der Waals surface area contributed by atoms with Crippen LogP contribution in [0.3, 0.4) is 0 Å². The fourth-order valence-corrected chi connectivity index (χ4v) is 2.79. The van der Waals surface area contributed by atoms with Crippen LogP contribution in [0.25, 0.3) is 0 Å². The standard InChI is InChI=1S/C15H22O2/c1-12-6-8-13(9-7-12)14(16)15(17-2)10-4-3-5-11-15/h6-9,14,16H,3-5,10-11H2,1-2H3. The predicted molar refractivity (Wildman–Crippen MR) is 69.0 cm³/mol. The van der Waals surface area contributed by atoms with Crippen LogP contribution in [0.1, 0.15) is 49.3 Å². The summed E-state index contributed by atoms with van der Waals surface area (Å²) in [6.07, 6.45) is 4.96. The van der Waals surface area contributed by atoms with Crippen LogP contribution in [0.5, 0.6) is 0 Å². The van der Waals surface area contributed by atoms with Gasteiger partial charge in [0.05, 0.1) is 5.60 Å². The minimum absolute atomic E-state index is 0.368. The first kappa shape index (κ1) is 12.6. The summed E-state index contributed by atoms with van der Waals surface area (Å²) in [5.74, 6) is 0. The third-order valence-corrected chi connectivity index (χ3v) is 4.00. The molecule has 1 saturated carbocycles. The minimum atomic E-state index is -0.506. The molecule has 0 spiro atoms. The second-order valence-corrected chi connectivity index (χ2v) is 5.14. The molecule has 0 amide bonds. The Labute approximate surface area is 104 Å². The van der Waals surface area contributed by atoms with Crippen LogP contribution in [0.2, 0.25) is 0 Å². The van der Waals surface area contributed by atoms with E-state index in [9.17, 15) is 5.11 Å². The van der Waals surface area contributed by atoms with Gasteiger partial charge in [-0.3, -0.25) is 0 Å². The Morgan fingerprint density at radius 3 is 2.24 bits per heavy atom. The van der Waals surface area contributed by atoms with Gasteiger partial charge in [-0.15, -0.1) is 0 Å². The average Bonchev–Trinajstić information content (AvgIpc) is 2.39. The molecule has 17 heavy (non-hydrogen) atoms. The highest BCUT2D eigenvalue weighted by atomic mass is 16.5. The molecule has 2 heteroatoms. The monoisotopic (exact) mass is 234 g/mol. The number of hydrogen-bond donors (Lipinski definition) is 1. The summed E-state index contributed by atoms with van der Waals surface area (Å²) in [6, 6.07) is 8.11. The number of hydrogen-bond acceptors (Lipinski definition) is 2. The third-order valence-electron chi connectivity index (χ3n) is 4.00. The van der Waals surface area contributed by atoms with Gasteiger partial charge in [-0.05, 0) is 25.3 Å². The Bertz CT molecular complexity index is 350. The molecule has 0 heterocycles. The van der Waals surface area contributed by atoms with E-state index in [4.69, 9.17) is 4.74 Å². The van der Waals surface area contributed by atoms with Crippen LogP contribution in [0.4, 0.5) is 0 Å². The van der Waals surface area contributed by atoms with Crippen molar-refractivity contribution in [3.63, 3.8) is 0 Å². The second-order valence-electron chi connectivity index (χ2n) is 5.14. The quantitative estimate of drug-likeness (QED) is 0.868. The lowest BCUT2D eigenvalue weighted by Crippen LogP contribution is -2.40. The molecular formula is C15H22O2. The van der Waals surface area contributed by atoms with E-state index in [0.29, 0.717) is 0 Å². The van der Waals surface area contributed by atoms with Crippen molar-refractivity contribution in [2.75, 3.05) is 7.11 Å². The maximum atomic E-state index is 10.6. The van der Waals surface area contributed by atoms with Gasteiger partial charge in [0, 0.05) is 7.11 Å². The Morgan fingerprint density at radius 2 is 1.71 bits per heavy atom. The van der Waals surface area contributed by atoms with Crippen molar-refractivity contribution in [2.24, 2.45) is 0 Å². The summed E-state index contributed by atoms with van der Waals surface area (Å²) in [5, 5.41) is 10.6. The number of ether oxygens (including phenoxy) is 1. The summed E-state index contributed by atoms with van der Waals surface area (Å²) in [5.41, 5.74) is 1.82. The summed E-state index contributed by atoms with van der Waals surface area (Å²) in [6.45, 7) is 2.06. The van der Waals surface area contributed by atoms with E-state index in [-0.39, 0.29) is 5.60 Å². The first-order valence-electron chi connectivity index (χ1n) is 6.48. The number of rotatable bonds is 3. The molecule has 0 bridgehead atoms. The first-order valence-corrected chi connectivity index (χ1v) is 6.48. The van der Waals surface area contributed by atoms with Crippen molar-refractivity contribution in [1.29, 1.82) is 0 Å². The molecule has 0 saturated heterocycles. The number of aryl methyl sites for hydroxylation is 1. The maximum absolute atomic E-state index is 10.6. The molecule has 1 atom stereocenters. The van der Waals surface area contributed by atoms with Crippen molar-refractivity contribution in [3.05, 3.63) is 35.4 Å². The lowest BCUT2D eigenvalue weighted by atomic mass is 9.78. The van der Waals surface area contributed by atoms with Gasteiger partial charge in [0.2, 0.25) is 0 Å². The van der Waals surface area contributed by atoms with E-state index in [1.54, 1.807) is 7.11 Å².